The SMILES string of the molecule is CN1CCc2nc([C@@H]3CCCN(C(=O)CCc4ccccc4F)C3)ncc2C1. The standard InChI is InChI=1S/C22H27FN4O/c1-26-12-10-20-18(14-26)13-24-22(25-20)17-6-4-11-27(15-17)21(28)9-8-16-5-2-3-7-19(16)23/h2-3,5,7,13,17H,4,6,8-12,14-15H2,1H3/t17-/m1/s1. The maximum absolute atomic E-state index is 13.8. The Kier molecular flexibility index (Phi) is 5.67. The quantitative estimate of drug-likeness (QED) is 0.816. The van der Waals surface area contributed by atoms with Crippen molar-refractivity contribution >= 4 is 5.91 Å². The van der Waals surface area contributed by atoms with Crippen LogP contribution in [-0.2, 0) is 24.2 Å². The molecule has 0 aliphatic carbocycles. The van der Waals surface area contributed by atoms with Gasteiger partial charge in [0.15, 0.2) is 0 Å². The van der Waals surface area contributed by atoms with Gasteiger partial charge in [-0.05, 0) is 37.9 Å². The molecule has 0 N–H and O–H groups in total. The highest BCUT2D eigenvalue weighted by atomic mass is 19.1. The van der Waals surface area contributed by atoms with Crippen LogP contribution in [0, 0.1) is 5.82 Å². The summed E-state index contributed by atoms with van der Waals surface area (Å²) in [7, 11) is 2.11. The van der Waals surface area contributed by atoms with E-state index in [2.05, 4.69) is 16.9 Å². The molecule has 1 saturated heterocycles. The van der Waals surface area contributed by atoms with Crippen LogP contribution in [0.3, 0.4) is 0 Å². The van der Waals surface area contributed by atoms with Gasteiger partial charge in [-0.3, -0.25) is 4.79 Å². The number of piperidine rings is 1. The molecule has 6 heteroatoms. The Morgan fingerprint density at radius 1 is 1.29 bits per heavy atom. The van der Waals surface area contributed by atoms with Gasteiger partial charge < -0.3 is 9.80 Å². The number of nitrogens with zero attached hydrogens (tertiary/aromatic N) is 4. The normalized spacial score (nSPS) is 20.1. The smallest absolute Gasteiger partial charge is 0.222 e. The number of amides is 1. The van der Waals surface area contributed by atoms with Crippen molar-refractivity contribution in [2.24, 2.45) is 0 Å². The van der Waals surface area contributed by atoms with E-state index in [9.17, 15) is 9.18 Å². The molecule has 1 aromatic heterocycles. The van der Waals surface area contributed by atoms with Crippen LogP contribution in [0.2, 0.25) is 0 Å². The molecule has 0 radical (unpaired) electrons. The van der Waals surface area contributed by atoms with Crippen LogP contribution in [0.25, 0.3) is 0 Å². The molecule has 0 saturated carbocycles. The van der Waals surface area contributed by atoms with Gasteiger partial charge in [0.2, 0.25) is 5.91 Å². The predicted molar refractivity (Wildman–Crippen MR) is 105 cm³/mol. The molecule has 2 aromatic rings. The van der Waals surface area contributed by atoms with Crippen molar-refractivity contribution in [3.05, 3.63) is 58.9 Å². The zero-order chi connectivity index (χ0) is 19.5. The number of aryl methyl sites for hydroxylation is 1. The second-order valence-corrected chi connectivity index (χ2v) is 7.96. The van der Waals surface area contributed by atoms with Crippen molar-refractivity contribution < 1.29 is 9.18 Å². The third kappa shape index (κ3) is 4.22. The van der Waals surface area contributed by atoms with Crippen LogP contribution < -0.4 is 0 Å². The van der Waals surface area contributed by atoms with Crippen LogP contribution in [0.15, 0.2) is 30.5 Å². The summed E-state index contributed by atoms with van der Waals surface area (Å²) in [5, 5.41) is 0. The monoisotopic (exact) mass is 382 g/mol. The number of fused-ring (bicyclic) bond motifs is 1. The lowest BCUT2D eigenvalue weighted by molar-refractivity contribution is -0.132. The summed E-state index contributed by atoms with van der Waals surface area (Å²) in [6, 6.07) is 6.68. The van der Waals surface area contributed by atoms with Crippen molar-refractivity contribution in [2.45, 2.75) is 44.6 Å². The molecule has 1 aromatic carbocycles. The van der Waals surface area contributed by atoms with Gasteiger partial charge in [0.05, 0.1) is 0 Å². The average molecular weight is 382 g/mol. The Hall–Kier alpha value is -2.34. The van der Waals surface area contributed by atoms with Gasteiger partial charge in [-0.2, -0.15) is 0 Å². The highest BCUT2D eigenvalue weighted by Gasteiger charge is 2.27. The van der Waals surface area contributed by atoms with Gasteiger partial charge >= 0.3 is 0 Å². The largest absolute Gasteiger partial charge is 0.342 e. The number of likely N-dealkylation sites (N-methyl/N-ethyl adjacent to an activating group) is 1. The van der Waals surface area contributed by atoms with E-state index in [1.807, 2.05) is 17.2 Å². The summed E-state index contributed by atoms with van der Waals surface area (Å²) in [6.07, 6.45) is 5.67. The van der Waals surface area contributed by atoms with Crippen molar-refractivity contribution in [1.29, 1.82) is 0 Å². The first-order valence-electron chi connectivity index (χ1n) is 10.1. The third-order valence-corrected chi connectivity index (χ3v) is 5.85. The van der Waals surface area contributed by atoms with Crippen LogP contribution >= 0.6 is 0 Å². The van der Waals surface area contributed by atoms with Crippen LogP contribution in [0.4, 0.5) is 4.39 Å². The van der Waals surface area contributed by atoms with Crippen molar-refractivity contribution in [3.8, 4) is 0 Å². The summed E-state index contributed by atoms with van der Waals surface area (Å²) in [4.78, 5) is 26.3. The molecule has 148 valence electrons. The molecule has 1 atom stereocenters. The molecule has 5 nitrogen and oxygen atoms in total. The van der Waals surface area contributed by atoms with Gasteiger partial charge in [0.1, 0.15) is 11.6 Å². The zero-order valence-electron chi connectivity index (χ0n) is 16.4. The summed E-state index contributed by atoms with van der Waals surface area (Å²) in [6.45, 7) is 3.35. The molecule has 4 rings (SSSR count). The summed E-state index contributed by atoms with van der Waals surface area (Å²) in [5.74, 6) is 0.915. The second kappa shape index (κ2) is 8.35. The number of hydrogen-bond donors (Lipinski definition) is 0. The lowest BCUT2D eigenvalue weighted by Gasteiger charge is -2.33. The molecule has 0 unspecified atom stereocenters. The van der Waals surface area contributed by atoms with E-state index >= 15 is 0 Å². The van der Waals surface area contributed by atoms with Gasteiger partial charge in [-0.15, -0.1) is 0 Å². The molecule has 3 heterocycles. The summed E-state index contributed by atoms with van der Waals surface area (Å²) < 4.78 is 13.8. The lowest BCUT2D eigenvalue weighted by atomic mass is 9.96. The molecule has 2 aliphatic heterocycles. The molecular formula is C22H27FN4O. The number of rotatable bonds is 4. The number of aromatic nitrogens is 2. The number of benzene rings is 1. The molecule has 1 fully saturated rings. The first-order valence-corrected chi connectivity index (χ1v) is 10.1. The van der Waals surface area contributed by atoms with E-state index in [0.29, 0.717) is 24.9 Å². The number of hydrogen-bond acceptors (Lipinski definition) is 4. The molecule has 0 spiro atoms. The molecule has 0 bridgehead atoms. The van der Waals surface area contributed by atoms with Gasteiger partial charge in [0, 0.05) is 62.4 Å². The van der Waals surface area contributed by atoms with E-state index in [4.69, 9.17) is 4.98 Å². The highest BCUT2D eigenvalue weighted by molar-refractivity contribution is 5.76. The van der Waals surface area contributed by atoms with Crippen molar-refractivity contribution in [1.82, 2.24) is 19.8 Å². The van der Waals surface area contributed by atoms with Gasteiger partial charge in [0.25, 0.3) is 0 Å². The van der Waals surface area contributed by atoms with Crippen LogP contribution in [-0.4, -0.2) is 52.4 Å². The summed E-state index contributed by atoms with van der Waals surface area (Å²) in [5.41, 5.74) is 2.98. The van der Waals surface area contributed by atoms with E-state index < -0.39 is 0 Å². The Balaban J connectivity index is 1.39. The minimum Gasteiger partial charge on any atom is -0.342 e. The average Bonchev–Trinajstić information content (AvgIpc) is 2.72. The van der Waals surface area contributed by atoms with Gasteiger partial charge in [-0.1, -0.05) is 18.2 Å². The Morgan fingerprint density at radius 2 is 2.14 bits per heavy atom. The number of likely N-dealkylation sites (tertiary alicyclic amines) is 1. The molecular weight excluding hydrogens is 355 g/mol. The number of halogens is 1. The van der Waals surface area contributed by atoms with Crippen molar-refractivity contribution in [2.75, 3.05) is 26.7 Å². The predicted octanol–water partition coefficient (Wildman–Crippen LogP) is 2.94. The Bertz CT molecular complexity index is 856. The van der Waals surface area contributed by atoms with Crippen molar-refractivity contribution in [3.63, 3.8) is 0 Å². The van der Waals surface area contributed by atoms with E-state index in [1.54, 1.807) is 12.1 Å². The fourth-order valence-corrected chi connectivity index (χ4v) is 4.18. The molecule has 1 amide bonds. The first kappa shape index (κ1) is 19.0. The topological polar surface area (TPSA) is 49.3 Å². The Morgan fingerprint density at radius 3 is 3.00 bits per heavy atom. The summed E-state index contributed by atoms with van der Waals surface area (Å²) >= 11 is 0. The fraction of sp³-hybridized carbons (Fsp3) is 0.500. The minimum absolute atomic E-state index is 0.0903. The van der Waals surface area contributed by atoms with Crippen LogP contribution in [0.5, 0.6) is 0 Å². The second-order valence-electron chi connectivity index (χ2n) is 7.96. The maximum atomic E-state index is 13.8. The highest BCUT2D eigenvalue weighted by Crippen LogP contribution is 2.26. The Labute approximate surface area is 165 Å². The van der Waals surface area contributed by atoms with E-state index in [-0.39, 0.29) is 17.6 Å². The fourth-order valence-electron chi connectivity index (χ4n) is 4.18. The number of carbonyl (C=O) groups excluding carboxylic acids is 1. The molecule has 2 aliphatic rings. The maximum Gasteiger partial charge on any atom is 0.222 e. The van der Waals surface area contributed by atoms with E-state index in [1.165, 1.54) is 11.6 Å². The van der Waals surface area contributed by atoms with Crippen LogP contribution in [0.1, 0.15) is 47.8 Å². The number of carbonyl (C=O) groups is 1. The van der Waals surface area contributed by atoms with Gasteiger partial charge in [-0.25, -0.2) is 14.4 Å². The molecule has 28 heavy (non-hydrogen) atoms. The minimum atomic E-state index is -0.236. The zero-order valence-corrected chi connectivity index (χ0v) is 16.4. The lowest BCUT2D eigenvalue weighted by Crippen LogP contribution is -2.40. The van der Waals surface area contributed by atoms with E-state index in [0.717, 1.165) is 50.4 Å². The first-order chi connectivity index (χ1) is 13.6. The third-order valence-electron chi connectivity index (χ3n) is 5.85.